The Balaban J connectivity index is 1.88. The number of carbonyl (C=O) groups excluding carboxylic acids is 2. The lowest BCUT2D eigenvalue weighted by atomic mass is 10.2. The average molecular weight is 334 g/mol. The normalized spacial score (nSPS) is 17.7. The highest BCUT2D eigenvalue weighted by Crippen LogP contribution is 2.38. The lowest BCUT2D eigenvalue weighted by Gasteiger charge is -2.18. The molecule has 1 saturated heterocycles. The number of hydrogen-bond donors (Lipinski definition) is 1. The Labute approximate surface area is 136 Å². The number of H-pyrrole nitrogens is 1. The van der Waals surface area contributed by atoms with E-state index in [2.05, 4.69) is 15.2 Å². The molecule has 1 aromatic carbocycles. The molecule has 2 heterocycles. The van der Waals surface area contributed by atoms with Crippen LogP contribution in [-0.2, 0) is 9.59 Å². The summed E-state index contributed by atoms with van der Waals surface area (Å²) in [5.74, 6) is 0.393. The second-order valence-electron chi connectivity index (χ2n) is 4.71. The molecule has 3 rings (SSSR count). The van der Waals surface area contributed by atoms with Crippen LogP contribution in [0.5, 0.6) is 11.5 Å². The van der Waals surface area contributed by atoms with Crippen LogP contribution in [0.15, 0.2) is 29.7 Å². The van der Waals surface area contributed by atoms with Gasteiger partial charge in [-0.2, -0.15) is 5.10 Å². The van der Waals surface area contributed by atoms with Gasteiger partial charge in [0.2, 0.25) is 11.8 Å². The Morgan fingerprint density at radius 3 is 2.78 bits per heavy atom. The van der Waals surface area contributed by atoms with Gasteiger partial charge in [-0.3, -0.25) is 14.7 Å². The third-order valence-electron chi connectivity index (χ3n) is 3.38. The van der Waals surface area contributed by atoms with Crippen LogP contribution in [0, 0.1) is 0 Å². The van der Waals surface area contributed by atoms with Gasteiger partial charge in [-0.15, -0.1) is 0 Å². The first kappa shape index (κ1) is 15.3. The maximum Gasteiger partial charge on any atom is 0.248 e. The Morgan fingerprint density at radius 2 is 2.13 bits per heavy atom. The smallest absolute Gasteiger partial charge is 0.248 e. The predicted octanol–water partition coefficient (Wildman–Crippen LogP) is 1.25. The molecule has 1 atom stereocenters. The van der Waals surface area contributed by atoms with Gasteiger partial charge >= 0.3 is 0 Å². The SMILES string of the molecule is COc1ccc(N2C(=O)C[C@@H](Sc3ncn[nH]3)C2=O)c(OC)c1. The topological polar surface area (TPSA) is 97.4 Å². The quantitative estimate of drug-likeness (QED) is 0.822. The number of anilines is 1. The Bertz CT molecular complexity index is 734. The van der Waals surface area contributed by atoms with E-state index in [0.29, 0.717) is 22.3 Å². The van der Waals surface area contributed by atoms with Crippen LogP contribution >= 0.6 is 11.8 Å². The summed E-state index contributed by atoms with van der Waals surface area (Å²) < 4.78 is 10.4. The van der Waals surface area contributed by atoms with E-state index in [4.69, 9.17) is 9.47 Å². The summed E-state index contributed by atoms with van der Waals surface area (Å²) in [7, 11) is 3.01. The summed E-state index contributed by atoms with van der Waals surface area (Å²) in [5, 5.41) is 6.36. The molecule has 120 valence electrons. The van der Waals surface area contributed by atoms with Crippen LogP contribution < -0.4 is 14.4 Å². The molecule has 0 radical (unpaired) electrons. The lowest BCUT2D eigenvalue weighted by Crippen LogP contribution is -2.31. The number of thioether (sulfide) groups is 1. The predicted molar refractivity (Wildman–Crippen MR) is 82.7 cm³/mol. The van der Waals surface area contributed by atoms with Crippen molar-refractivity contribution in [3.8, 4) is 11.5 Å². The summed E-state index contributed by atoms with van der Waals surface area (Å²) in [5.41, 5.74) is 0.406. The van der Waals surface area contributed by atoms with Gasteiger partial charge in [0.05, 0.1) is 19.9 Å². The summed E-state index contributed by atoms with van der Waals surface area (Å²) in [6.07, 6.45) is 1.45. The van der Waals surface area contributed by atoms with Crippen LogP contribution in [0.25, 0.3) is 0 Å². The van der Waals surface area contributed by atoms with E-state index in [0.717, 1.165) is 4.90 Å². The summed E-state index contributed by atoms with van der Waals surface area (Å²) >= 11 is 1.18. The number of methoxy groups -OCH3 is 2. The first-order valence-electron chi connectivity index (χ1n) is 6.75. The van der Waals surface area contributed by atoms with Gasteiger partial charge in [0, 0.05) is 12.5 Å². The van der Waals surface area contributed by atoms with Crippen molar-refractivity contribution in [1.29, 1.82) is 0 Å². The number of hydrogen-bond acceptors (Lipinski definition) is 7. The number of nitrogens with one attached hydrogen (secondary N) is 1. The number of amides is 2. The zero-order chi connectivity index (χ0) is 16.4. The van der Waals surface area contributed by atoms with Crippen molar-refractivity contribution >= 4 is 29.3 Å². The molecule has 0 aliphatic carbocycles. The first-order valence-corrected chi connectivity index (χ1v) is 7.63. The third-order valence-corrected chi connectivity index (χ3v) is 4.45. The van der Waals surface area contributed by atoms with Crippen LogP contribution in [0.1, 0.15) is 6.42 Å². The zero-order valence-corrected chi connectivity index (χ0v) is 13.3. The van der Waals surface area contributed by atoms with Crippen LogP contribution in [0.3, 0.4) is 0 Å². The highest BCUT2D eigenvalue weighted by atomic mass is 32.2. The number of nitrogens with zero attached hydrogens (tertiary/aromatic N) is 3. The second kappa shape index (κ2) is 6.29. The van der Waals surface area contributed by atoms with Crippen LogP contribution in [0.4, 0.5) is 5.69 Å². The van der Waals surface area contributed by atoms with Gasteiger partial charge in [-0.25, -0.2) is 9.88 Å². The van der Waals surface area contributed by atoms with E-state index >= 15 is 0 Å². The fraction of sp³-hybridized carbons (Fsp3) is 0.286. The van der Waals surface area contributed by atoms with Crippen molar-refractivity contribution in [2.75, 3.05) is 19.1 Å². The minimum absolute atomic E-state index is 0.0966. The maximum atomic E-state index is 12.6. The molecule has 9 heteroatoms. The number of aromatic amines is 1. The van der Waals surface area contributed by atoms with Crippen LogP contribution in [-0.4, -0.2) is 46.5 Å². The van der Waals surface area contributed by atoms with Gasteiger partial charge in [-0.1, -0.05) is 11.8 Å². The fourth-order valence-electron chi connectivity index (χ4n) is 2.30. The summed E-state index contributed by atoms with van der Waals surface area (Å²) in [6, 6.07) is 4.94. The standard InChI is InChI=1S/C14H14N4O4S/c1-21-8-3-4-9(10(5-8)22-2)18-12(19)6-11(13(18)20)23-14-15-7-16-17-14/h3-5,7,11H,6H2,1-2H3,(H,15,16,17)/t11-/m1/s1. The average Bonchev–Trinajstić information content (AvgIpc) is 3.16. The molecule has 23 heavy (non-hydrogen) atoms. The lowest BCUT2D eigenvalue weighted by molar-refractivity contribution is -0.121. The van der Waals surface area contributed by atoms with Crippen LogP contribution in [0.2, 0.25) is 0 Å². The second-order valence-corrected chi connectivity index (χ2v) is 5.90. The Morgan fingerprint density at radius 1 is 1.30 bits per heavy atom. The zero-order valence-electron chi connectivity index (χ0n) is 12.5. The van der Waals surface area contributed by atoms with Gasteiger partial charge in [0.25, 0.3) is 0 Å². The summed E-state index contributed by atoms with van der Waals surface area (Å²) in [4.78, 5) is 30.0. The van der Waals surface area contributed by atoms with Crippen molar-refractivity contribution in [2.45, 2.75) is 16.8 Å². The number of aromatic nitrogens is 3. The molecule has 1 aliphatic heterocycles. The fourth-order valence-corrected chi connectivity index (χ4v) is 3.22. The van der Waals surface area contributed by atoms with E-state index in [1.165, 1.54) is 32.3 Å². The van der Waals surface area contributed by atoms with Crippen molar-refractivity contribution in [1.82, 2.24) is 15.2 Å². The molecule has 1 fully saturated rings. The van der Waals surface area contributed by atoms with Gasteiger partial charge in [-0.05, 0) is 12.1 Å². The van der Waals surface area contributed by atoms with E-state index in [-0.39, 0.29) is 18.2 Å². The van der Waals surface area contributed by atoms with E-state index < -0.39 is 5.25 Å². The van der Waals surface area contributed by atoms with E-state index in [1.807, 2.05) is 0 Å². The van der Waals surface area contributed by atoms with Gasteiger partial charge in [0.1, 0.15) is 23.1 Å². The monoisotopic (exact) mass is 334 g/mol. The maximum absolute atomic E-state index is 12.6. The number of rotatable bonds is 5. The minimum atomic E-state index is -0.540. The molecule has 0 bridgehead atoms. The molecule has 0 saturated carbocycles. The number of carbonyl (C=O) groups is 2. The molecule has 1 aliphatic rings. The number of imide groups is 1. The largest absolute Gasteiger partial charge is 0.497 e. The van der Waals surface area contributed by atoms with E-state index in [1.54, 1.807) is 18.2 Å². The third kappa shape index (κ3) is 2.87. The molecule has 0 unspecified atom stereocenters. The van der Waals surface area contributed by atoms with Crippen molar-refractivity contribution in [3.63, 3.8) is 0 Å². The molecule has 2 amide bonds. The molecule has 8 nitrogen and oxygen atoms in total. The number of ether oxygens (including phenoxy) is 2. The molecule has 1 N–H and O–H groups in total. The highest BCUT2D eigenvalue weighted by molar-refractivity contribution is 8.00. The van der Waals surface area contributed by atoms with E-state index in [9.17, 15) is 9.59 Å². The first-order chi connectivity index (χ1) is 11.1. The molecule has 2 aromatic rings. The molecule has 0 spiro atoms. The van der Waals surface area contributed by atoms with Crippen molar-refractivity contribution in [2.24, 2.45) is 0 Å². The Kier molecular flexibility index (Phi) is 4.20. The highest BCUT2D eigenvalue weighted by Gasteiger charge is 2.41. The van der Waals surface area contributed by atoms with Gasteiger partial charge in [0.15, 0.2) is 5.16 Å². The van der Waals surface area contributed by atoms with Crippen molar-refractivity contribution in [3.05, 3.63) is 24.5 Å². The molecular formula is C14H14N4O4S. The Hall–Kier alpha value is -2.55. The van der Waals surface area contributed by atoms with Crippen molar-refractivity contribution < 1.29 is 19.1 Å². The number of benzene rings is 1. The molecular weight excluding hydrogens is 320 g/mol. The summed E-state index contributed by atoms with van der Waals surface area (Å²) in [6.45, 7) is 0. The molecule has 1 aromatic heterocycles. The minimum Gasteiger partial charge on any atom is -0.497 e. The van der Waals surface area contributed by atoms with Gasteiger partial charge < -0.3 is 9.47 Å².